The van der Waals surface area contributed by atoms with Gasteiger partial charge in [0.15, 0.2) is 0 Å². The number of hydrogen-bond acceptors (Lipinski definition) is 3. The van der Waals surface area contributed by atoms with Crippen LogP contribution in [0.2, 0.25) is 0 Å². The molecule has 3 nitrogen and oxygen atoms in total. The molecule has 2 rings (SSSR count). The highest BCUT2D eigenvalue weighted by atomic mass is 15.7. The highest BCUT2D eigenvalue weighted by Gasteiger charge is 2.27. The number of hydrazine groups is 1. The number of rotatable bonds is 1. The molecule has 0 aromatic carbocycles. The SMILES string of the molecule is CC1CNCCN1N1CCC1. The molecule has 2 fully saturated rings. The van der Waals surface area contributed by atoms with Gasteiger partial charge in [-0.1, -0.05) is 0 Å². The fourth-order valence-electron chi connectivity index (χ4n) is 1.81. The fourth-order valence-corrected chi connectivity index (χ4v) is 1.81. The van der Waals surface area contributed by atoms with E-state index in [-0.39, 0.29) is 0 Å². The maximum Gasteiger partial charge on any atom is 0.0342 e. The van der Waals surface area contributed by atoms with Crippen molar-refractivity contribution in [3.05, 3.63) is 0 Å². The van der Waals surface area contributed by atoms with Gasteiger partial charge in [0.1, 0.15) is 0 Å². The monoisotopic (exact) mass is 155 g/mol. The van der Waals surface area contributed by atoms with E-state index in [4.69, 9.17) is 0 Å². The first-order chi connectivity index (χ1) is 5.38. The molecule has 2 aliphatic heterocycles. The largest absolute Gasteiger partial charge is 0.314 e. The van der Waals surface area contributed by atoms with Gasteiger partial charge in [0.25, 0.3) is 0 Å². The van der Waals surface area contributed by atoms with E-state index in [1.165, 1.54) is 26.1 Å². The average molecular weight is 155 g/mol. The third-order valence-corrected chi connectivity index (χ3v) is 2.66. The van der Waals surface area contributed by atoms with E-state index < -0.39 is 0 Å². The Kier molecular flexibility index (Phi) is 2.11. The van der Waals surface area contributed by atoms with E-state index in [1.807, 2.05) is 0 Å². The molecule has 0 aromatic heterocycles. The van der Waals surface area contributed by atoms with E-state index in [9.17, 15) is 0 Å². The summed E-state index contributed by atoms with van der Waals surface area (Å²) < 4.78 is 0. The minimum Gasteiger partial charge on any atom is -0.314 e. The zero-order chi connectivity index (χ0) is 7.68. The lowest BCUT2D eigenvalue weighted by molar-refractivity contribution is -0.106. The molecule has 0 aliphatic carbocycles. The van der Waals surface area contributed by atoms with Gasteiger partial charge in [-0.05, 0) is 13.3 Å². The van der Waals surface area contributed by atoms with Crippen LogP contribution in [-0.4, -0.2) is 48.8 Å². The van der Waals surface area contributed by atoms with Gasteiger partial charge in [-0.25, -0.2) is 10.0 Å². The van der Waals surface area contributed by atoms with Crippen LogP contribution in [-0.2, 0) is 0 Å². The van der Waals surface area contributed by atoms with Gasteiger partial charge in [0.2, 0.25) is 0 Å². The predicted octanol–water partition coefficient (Wildman–Crippen LogP) is -0.0992. The van der Waals surface area contributed by atoms with Crippen LogP contribution in [0.5, 0.6) is 0 Å². The molecular formula is C8H17N3. The number of nitrogens with one attached hydrogen (secondary N) is 1. The zero-order valence-corrected chi connectivity index (χ0v) is 7.21. The van der Waals surface area contributed by atoms with Gasteiger partial charge in [-0.15, -0.1) is 0 Å². The van der Waals surface area contributed by atoms with Crippen LogP contribution in [0.3, 0.4) is 0 Å². The fraction of sp³-hybridized carbons (Fsp3) is 1.00. The summed E-state index contributed by atoms with van der Waals surface area (Å²) in [5.41, 5.74) is 0. The first-order valence-electron chi connectivity index (χ1n) is 4.60. The lowest BCUT2D eigenvalue weighted by atomic mass is 10.2. The van der Waals surface area contributed by atoms with Crippen molar-refractivity contribution in [2.24, 2.45) is 0 Å². The molecule has 0 spiro atoms. The summed E-state index contributed by atoms with van der Waals surface area (Å²) in [5.74, 6) is 0. The average Bonchev–Trinajstić information content (AvgIpc) is 1.90. The van der Waals surface area contributed by atoms with E-state index >= 15 is 0 Å². The Morgan fingerprint density at radius 2 is 2.09 bits per heavy atom. The van der Waals surface area contributed by atoms with Gasteiger partial charge < -0.3 is 5.32 Å². The quantitative estimate of drug-likeness (QED) is 0.570. The van der Waals surface area contributed by atoms with Gasteiger partial charge in [-0.3, -0.25) is 0 Å². The van der Waals surface area contributed by atoms with Gasteiger partial charge in [-0.2, -0.15) is 0 Å². The standard InChI is InChI=1S/C8H17N3/c1-8-7-9-3-6-11(8)10-4-2-5-10/h8-9H,2-7H2,1H3. The Morgan fingerprint density at radius 3 is 2.64 bits per heavy atom. The third-order valence-electron chi connectivity index (χ3n) is 2.66. The Labute approximate surface area is 68.3 Å². The second-order valence-corrected chi connectivity index (χ2v) is 3.52. The Bertz CT molecular complexity index is 131. The molecule has 0 saturated carbocycles. The van der Waals surface area contributed by atoms with Crippen LogP contribution in [0, 0.1) is 0 Å². The summed E-state index contributed by atoms with van der Waals surface area (Å²) in [6.07, 6.45) is 1.39. The van der Waals surface area contributed by atoms with Crippen molar-refractivity contribution in [2.45, 2.75) is 19.4 Å². The van der Waals surface area contributed by atoms with Crippen molar-refractivity contribution >= 4 is 0 Å². The van der Waals surface area contributed by atoms with Crippen LogP contribution in [0.25, 0.3) is 0 Å². The van der Waals surface area contributed by atoms with E-state index in [0.29, 0.717) is 6.04 Å². The minimum absolute atomic E-state index is 0.698. The molecule has 1 unspecified atom stereocenters. The number of nitrogens with zero attached hydrogens (tertiary/aromatic N) is 2. The van der Waals surface area contributed by atoms with E-state index in [0.717, 1.165) is 13.1 Å². The van der Waals surface area contributed by atoms with E-state index in [1.54, 1.807) is 0 Å². The molecule has 0 bridgehead atoms. The minimum atomic E-state index is 0.698. The molecule has 3 heteroatoms. The smallest absolute Gasteiger partial charge is 0.0342 e. The Morgan fingerprint density at radius 1 is 1.27 bits per heavy atom. The highest BCUT2D eigenvalue weighted by Crippen LogP contribution is 2.14. The van der Waals surface area contributed by atoms with Crippen molar-refractivity contribution in [2.75, 3.05) is 32.7 Å². The predicted molar refractivity (Wildman–Crippen MR) is 45.2 cm³/mol. The molecule has 0 amide bonds. The lowest BCUT2D eigenvalue weighted by Crippen LogP contribution is -2.60. The topological polar surface area (TPSA) is 18.5 Å². The van der Waals surface area contributed by atoms with Gasteiger partial charge in [0, 0.05) is 38.8 Å². The number of hydrogen-bond donors (Lipinski definition) is 1. The Balaban J connectivity index is 1.88. The first kappa shape index (κ1) is 7.53. The van der Waals surface area contributed by atoms with Crippen molar-refractivity contribution in [1.82, 2.24) is 15.3 Å². The van der Waals surface area contributed by atoms with Crippen LogP contribution >= 0.6 is 0 Å². The summed E-state index contributed by atoms with van der Waals surface area (Å²) in [4.78, 5) is 0. The van der Waals surface area contributed by atoms with Gasteiger partial charge >= 0.3 is 0 Å². The van der Waals surface area contributed by atoms with Crippen molar-refractivity contribution < 1.29 is 0 Å². The van der Waals surface area contributed by atoms with Crippen molar-refractivity contribution in [1.29, 1.82) is 0 Å². The number of piperazine rings is 1. The second kappa shape index (κ2) is 3.09. The molecule has 0 aromatic rings. The molecule has 1 atom stereocenters. The van der Waals surface area contributed by atoms with Crippen LogP contribution in [0.15, 0.2) is 0 Å². The molecule has 2 saturated heterocycles. The summed E-state index contributed by atoms with van der Waals surface area (Å²) in [5, 5.41) is 8.39. The van der Waals surface area contributed by atoms with Crippen molar-refractivity contribution in [3.63, 3.8) is 0 Å². The summed E-state index contributed by atoms with van der Waals surface area (Å²) >= 11 is 0. The molecule has 0 radical (unpaired) electrons. The third kappa shape index (κ3) is 1.41. The highest BCUT2D eigenvalue weighted by molar-refractivity contribution is 4.77. The van der Waals surface area contributed by atoms with Crippen LogP contribution < -0.4 is 5.32 Å². The molecule has 1 N–H and O–H groups in total. The summed E-state index contributed by atoms with van der Waals surface area (Å²) in [6.45, 7) is 8.36. The molecule has 64 valence electrons. The van der Waals surface area contributed by atoms with Gasteiger partial charge in [0.05, 0.1) is 0 Å². The molecule has 2 heterocycles. The van der Waals surface area contributed by atoms with Crippen LogP contribution in [0.1, 0.15) is 13.3 Å². The van der Waals surface area contributed by atoms with Crippen LogP contribution in [0.4, 0.5) is 0 Å². The summed E-state index contributed by atoms with van der Waals surface area (Å²) in [6, 6.07) is 0.698. The van der Waals surface area contributed by atoms with Crippen molar-refractivity contribution in [3.8, 4) is 0 Å². The lowest BCUT2D eigenvalue weighted by Gasteiger charge is -2.46. The first-order valence-corrected chi connectivity index (χ1v) is 4.60. The zero-order valence-electron chi connectivity index (χ0n) is 7.21. The van der Waals surface area contributed by atoms with E-state index in [2.05, 4.69) is 22.3 Å². The molecule has 2 aliphatic rings. The molecular weight excluding hydrogens is 138 g/mol. The maximum absolute atomic E-state index is 3.40. The summed E-state index contributed by atoms with van der Waals surface area (Å²) in [7, 11) is 0. The molecule has 11 heavy (non-hydrogen) atoms. The second-order valence-electron chi connectivity index (χ2n) is 3.52. The normalized spacial score (nSPS) is 35.2. The Hall–Kier alpha value is -0.120. The maximum atomic E-state index is 3.40.